The Balaban J connectivity index is 1.64. The number of nitrogens with zero attached hydrogens (tertiary/aromatic N) is 2. The number of anilines is 2. The Bertz CT molecular complexity index is 1040. The average molecular weight is 421 g/mol. The fraction of sp³-hybridized carbons (Fsp3) is 0.200. The molecule has 1 aromatic heterocycles. The monoisotopic (exact) mass is 420 g/mol. The van der Waals surface area contributed by atoms with Gasteiger partial charge in [0, 0.05) is 23.2 Å². The van der Waals surface area contributed by atoms with Gasteiger partial charge in [0.2, 0.25) is 0 Å². The number of hydrogen-bond acceptors (Lipinski definition) is 3. The fourth-order valence-electron chi connectivity index (χ4n) is 3.35. The van der Waals surface area contributed by atoms with Crippen LogP contribution in [0.2, 0.25) is 5.02 Å². The van der Waals surface area contributed by atoms with Gasteiger partial charge in [0.1, 0.15) is 5.82 Å². The van der Waals surface area contributed by atoms with Crippen LogP contribution >= 0.6 is 11.6 Å². The molecular weight excluding hydrogens is 405 g/mol. The van der Waals surface area contributed by atoms with Crippen molar-refractivity contribution in [2.45, 2.75) is 24.7 Å². The summed E-state index contributed by atoms with van der Waals surface area (Å²) in [5.74, 6) is -0.475. The first-order valence-electron chi connectivity index (χ1n) is 8.86. The zero-order chi connectivity index (χ0) is 20.6. The highest BCUT2D eigenvalue weighted by Crippen LogP contribution is 2.43. The minimum atomic E-state index is -4.50. The van der Waals surface area contributed by atoms with Crippen molar-refractivity contribution in [2.24, 2.45) is 0 Å². The van der Waals surface area contributed by atoms with E-state index in [1.165, 1.54) is 12.1 Å². The van der Waals surface area contributed by atoms with Gasteiger partial charge in [0.15, 0.2) is 11.7 Å². The number of nitrogens with one attached hydrogen (secondary N) is 2. The standard InChI is InChI=1S/C20H16ClF3N4O/c21-13-7-4-8-14(9-13)25-19(29)16-11-18-26-15(12-5-2-1-3-6-12)10-17(20(22,23)24)28(18)27-16/h1-9,11,15,17,26H,10H2,(H,25,29)/t15-,17+/m1/s1. The molecule has 1 aliphatic rings. The van der Waals surface area contributed by atoms with Crippen LogP contribution in [0.5, 0.6) is 0 Å². The van der Waals surface area contributed by atoms with Crippen LogP contribution in [-0.2, 0) is 0 Å². The van der Waals surface area contributed by atoms with Crippen LogP contribution in [0.25, 0.3) is 0 Å². The lowest BCUT2D eigenvalue weighted by atomic mass is 9.97. The van der Waals surface area contributed by atoms with Crippen LogP contribution in [0.15, 0.2) is 60.7 Å². The molecule has 150 valence electrons. The third kappa shape index (κ3) is 4.07. The zero-order valence-electron chi connectivity index (χ0n) is 14.9. The lowest BCUT2D eigenvalue weighted by molar-refractivity contribution is -0.173. The first kappa shape index (κ1) is 19.3. The van der Waals surface area contributed by atoms with Crippen molar-refractivity contribution in [3.8, 4) is 0 Å². The number of rotatable bonds is 3. The Labute approximate surface area is 169 Å². The Kier molecular flexibility index (Phi) is 4.96. The molecule has 4 rings (SSSR count). The second-order valence-corrected chi connectivity index (χ2v) is 7.16. The number of alkyl halides is 3. The van der Waals surface area contributed by atoms with Gasteiger partial charge in [-0.2, -0.15) is 18.3 Å². The second kappa shape index (κ2) is 7.44. The van der Waals surface area contributed by atoms with Crippen LogP contribution in [0, 0.1) is 0 Å². The van der Waals surface area contributed by atoms with Crippen molar-refractivity contribution in [1.29, 1.82) is 0 Å². The topological polar surface area (TPSA) is 59.0 Å². The van der Waals surface area contributed by atoms with Gasteiger partial charge in [-0.1, -0.05) is 48.0 Å². The number of fused-ring (bicyclic) bond motifs is 1. The normalized spacial score (nSPS) is 18.6. The van der Waals surface area contributed by atoms with Crippen LogP contribution in [0.3, 0.4) is 0 Å². The smallest absolute Gasteiger partial charge is 0.363 e. The molecule has 29 heavy (non-hydrogen) atoms. The molecular formula is C20H16ClF3N4O. The lowest BCUT2D eigenvalue weighted by Gasteiger charge is -2.33. The van der Waals surface area contributed by atoms with Crippen molar-refractivity contribution in [3.63, 3.8) is 0 Å². The summed E-state index contributed by atoms with van der Waals surface area (Å²) in [6.07, 6.45) is -4.73. The molecule has 0 aliphatic carbocycles. The SMILES string of the molecule is O=C(Nc1cccc(Cl)c1)c1cc2n(n1)[C@H](C(F)(F)F)C[C@H](c1ccccc1)N2. The van der Waals surface area contributed by atoms with Crippen molar-refractivity contribution < 1.29 is 18.0 Å². The Morgan fingerprint density at radius 1 is 1.14 bits per heavy atom. The summed E-state index contributed by atoms with van der Waals surface area (Å²) in [5.41, 5.74) is 1.05. The summed E-state index contributed by atoms with van der Waals surface area (Å²) in [6, 6.07) is 14.3. The molecule has 0 unspecified atom stereocenters. The number of aromatic nitrogens is 2. The highest BCUT2D eigenvalue weighted by atomic mass is 35.5. The number of amides is 1. The first-order valence-corrected chi connectivity index (χ1v) is 9.24. The minimum absolute atomic E-state index is 0.115. The molecule has 1 amide bonds. The molecule has 0 saturated carbocycles. The van der Waals surface area contributed by atoms with E-state index >= 15 is 0 Å². The molecule has 9 heteroatoms. The molecule has 0 radical (unpaired) electrons. The van der Waals surface area contributed by atoms with Crippen molar-refractivity contribution in [2.75, 3.05) is 10.6 Å². The number of carbonyl (C=O) groups is 1. The van der Waals surface area contributed by atoms with Crippen LogP contribution in [0.1, 0.15) is 34.6 Å². The highest BCUT2D eigenvalue weighted by Gasteiger charge is 2.46. The van der Waals surface area contributed by atoms with Crippen molar-refractivity contribution in [1.82, 2.24) is 9.78 Å². The maximum atomic E-state index is 13.7. The summed E-state index contributed by atoms with van der Waals surface area (Å²) >= 11 is 5.89. The molecule has 2 heterocycles. The van der Waals surface area contributed by atoms with Gasteiger partial charge >= 0.3 is 6.18 Å². The molecule has 0 fully saturated rings. The lowest BCUT2D eigenvalue weighted by Crippen LogP contribution is -2.35. The van der Waals surface area contributed by atoms with E-state index in [4.69, 9.17) is 11.6 Å². The Morgan fingerprint density at radius 3 is 2.59 bits per heavy atom. The average Bonchev–Trinajstić information content (AvgIpc) is 3.11. The van der Waals surface area contributed by atoms with E-state index in [9.17, 15) is 18.0 Å². The van der Waals surface area contributed by atoms with Crippen LogP contribution in [0.4, 0.5) is 24.7 Å². The van der Waals surface area contributed by atoms with E-state index in [1.807, 2.05) is 0 Å². The number of halogens is 4. The van der Waals surface area contributed by atoms with E-state index in [0.29, 0.717) is 10.7 Å². The Morgan fingerprint density at radius 2 is 1.90 bits per heavy atom. The van der Waals surface area contributed by atoms with E-state index in [2.05, 4.69) is 15.7 Å². The fourth-order valence-corrected chi connectivity index (χ4v) is 3.54. The van der Waals surface area contributed by atoms with Gasteiger partial charge in [-0.3, -0.25) is 4.79 Å². The van der Waals surface area contributed by atoms with Gasteiger partial charge < -0.3 is 10.6 Å². The molecule has 0 saturated heterocycles. The first-order chi connectivity index (χ1) is 13.8. The summed E-state index contributed by atoms with van der Waals surface area (Å²) in [6.45, 7) is 0. The van der Waals surface area contributed by atoms with Crippen molar-refractivity contribution >= 4 is 29.0 Å². The minimum Gasteiger partial charge on any atom is -0.363 e. The second-order valence-electron chi connectivity index (χ2n) is 6.72. The predicted molar refractivity (Wildman–Crippen MR) is 104 cm³/mol. The molecule has 0 bridgehead atoms. The molecule has 2 N–H and O–H groups in total. The van der Waals surface area contributed by atoms with Crippen molar-refractivity contribution in [3.05, 3.63) is 76.9 Å². The molecule has 5 nitrogen and oxygen atoms in total. The molecule has 2 atom stereocenters. The largest absolute Gasteiger partial charge is 0.410 e. The quantitative estimate of drug-likeness (QED) is 0.592. The van der Waals surface area contributed by atoms with E-state index < -0.39 is 24.2 Å². The number of hydrogen-bond donors (Lipinski definition) is 2. The number of benzene rings is 2. The summed E-state index contributed by atoms with van der Waals surface area (Å²) in [4.78, 5) is 12.5. The molecule has 2 aromatic carbocycles. The van der Waals surface area contributed by atoms with Gasteiger partial charge in [0.05, 0.1) is 6.04 Å². The third-order valence-corrected chi connectivity index (χ3v) is 4.94. The summed E-state index contributed by atoms with van der Waals surface area (Å²) < 4.78 is 42.0. The van der Waals surface area contributed by atoms with E-state index in [-0.39, 0.29) is 17.9 Å². The van der Waals surface area contributed by atoms with Gasteiger partial charge in [-0.15, -0.1) is 0 Å². The predicted octanol–water partition coefficient (Wildman–Crippen LogP) is 5.45. The Hall–Kier alpha value is -3.00. The van der Waals surface area contributed by atoms with Crippen LogP contribution in [-0.4, -0.2) is 21.9 Å². The molecule has 1 aliphatic heterocycles. The third-order valence-electron chi connectivity index (χ3n) is 4.71. The van der Waals surface area contributed by atoms with E-state index in [1.54, 1.807) is 48.5 Å². The summed E-state index contributed by atoms with van der Waals surface area (Å²) in [7, 11) is 0. The van der Waals surface area contributed by atoms with E-state index in [0.717, 1.165) is 10.2 Å². The zero-order valence-corrected chi connectivity index (χ0v) is 15.7. The van der Waals surface area contributed by atoms with Gasteiger partial charge in [-0.25, -0.2) is 4.68 Å². The number of carbonyl (C=O) groups excluding carboxylic acids is 1. The van der Waals surface area contributed by atoms with Gasteiger partial charge in [0.25, 0.3) is 5.91 Å². The van der Waals surface area contributed by atoms with Gasteiger partial charge in [-0.05, 0) is 23.8 Å². The maximum absolute atomic E-state index is 13.7. The molecule has 0 spiro atoms. The maximum Gasteiger partial charge on any atom is 0.410 e. The van der Waals surface area contributed by atoms with Crippen LogP contribution < -0.4 is 10.6 Å². The molecule has 3 aromatic rings. The highest BCUT2D eigenvalue weighted by molar-refractivity contribution is 6.30. The summed E-state index contributed by atoms with van der Waals surface area (Å²) in [5, 5.41) is 10.0.